The van der Waals surface area contributed by atoms with Crippen LogP contribution in [0.25, 0.3) is 0 Å². The van der Waals surface area contributed by atoms with Gasteiger partial charge in [-0.05, 0) is 38.5 Å². The molecule has 0 aliphatic heterocycles. The van der Waals surface area contributed by atoms with Crippen LogP contribution in [0, 0.1) is 6.92 Å². The van der Waals surface area contributed by atoms with Gasteiger partial charge in [-0.25, -0.2) is 13.6 Å². The first kappa shape index (κ1) is 16.6. The van der Waals surface area contributed by atoms with Crippen LogP contribution < -0.4 is 10.5 Å². The minimum Gasteiger partial charge on any atom is -0.377 e. The third kappa shape index (κ3) is 4.59. The lowest BCUT2D eigenvalue weighted by atomic mass is 10.1. The number of sulfonamides is 1. The van der Waals surface area contributed by atoms with E-state index in [4.69, 9.17) is 9.88 Å². The molecule has 1 amide bonds. The third-order valence-corrected chi connectivity index (χ3v) is 3.81. The highest BCUT2D eigenvalue weighted by Gasteiger charge is 2.15. The summed E-state index contributed by atoms with van der Waals surface area (Å²) < 4.78 is 28.1. The molecule has 0 bridgehead atoms. The largest absolute Gasteiger partial charge is 0.377 e. The standard InChI is InChI=1S/C13H20N2O4S/c1-4-19-10(3)8-15-13(16)11-6-5-9(2)12(7-11)20(14,17)18/h5-7,10H,4,8H2,1-3H3,(H,15,16)(H2,14,17,18). The third-order valence-electron chi connectivity index (χ3n) is 2.76. The molecule has 6 nitrogen and oxygen atoms in total. The van der Waals surface area contributed by atoms with Gasteiger partial charge in [-0.1, -0.05) is 6.07 Å². The maximum atomic E-state index is 11.9. The van der Waals surface area contributed by atoms with Gasteiger partial charge in [0, 0.05) is 18.7 Å². The summed E-state index contributed by atoms with van der Waals surface area (Å²) in [5, 5.41) is 7.79. The molecule has 0 heterocycles. The van der Waals surface area contributed by atoms with Gasteiger partial charge in [-0.2, -0.15) is 0 Å². The molecule has 0 spiro atoms. The van der Waals surface area contributed by atoms with Gasteiger partial charge in [0.25, 0.3) is 5.91 Å². The lowest BCUT2D eigenvalue weighted by Gasteiger charge is -2.13. The highest BCUT2D eigenvalue weighted by atomic mass is 32.2. The molecule has 0 aromatic heterocycles. The van der Waals surface area contributed by atoms with E-state index in [0.717, 1.165) is 0 Å². The Morgan fingerprint density at radius 1 is 1.45 bits per heavy atom. The highest BCUT2D eigenvalue weighted by molar-refractivity contribution is 7.89. The van der Waals surface area contributed by atoms with Crippen LogP contribution in [-0.2, 0) is 14.8 Å². The van der Waals surface area contributed by atoms with Gasteiger partial charge in [0.15, 0.2) is 0 Å². The van der Waals surface area contributed by atoms with Crippen molar-refractivity contribution in [2.75, 3.05) is 13.2 Å². The van der Waals surface area contributed by atoms with Gasteiger partial charge < -0.3 is 10.1 Å². The van der Waals surface area contributed by atoms with Gasteiger partial charge in [-0.15, -0.1) is 0 Å². The van der Waals surface area contributed by atoms with Gasteiger partial charge in [0.2, 0.25) is 10.0 Å². The molecule has 20 heavy (non-hydrogen) atoms. The molecule has 0 radical (unpaired) electrons. The number of primary sulfonamides is 1. The minimum atomic E-state index is -3.83. The Morgan fingerprint density at radius 2 is 2.10 bits per heavy atom. The van der Waals surface area contributed by atoms with E-state index < -0.39 is 10.0 Å². The van der Waals surface area contributed by atoms with E-state index >= 15 is 0 Å². The highest BCUT2D eigenvalue weighted by Crippen LogP contribution is 2.15. The molecular weight excluding hydrogens is 280 g/mol. The van der Waals surface area contributed by atoms with E-state index in [0.29, 0.717) is 18.7 Å². The number of rotatable bonds is 6. The summed E-state index contributed by atoms with van der Waals surface area (Å²) in [6, 6.07) is 4.40. The number of aryl methyl sites for hydroxylation is 1. The minimum absolute atomic E-state index is 0.0389. The van der Waals surface area contributed by atoms with Crippen LogP contribution in [-0.4, -0.2) is 33.6 Å². The van der Waals surface area contributed by atoms with Crippen molar-refractivity contribution in [1.29, 1.82) is 0 Å². The molecule has 1 rings (SSSR count). The molecule has 112 valence electrons. The Morgan fingerprint density at radius 3 is 2.65 bits per heavy atom. The van der Waals surface area contributed by atoms with Gasteiger partial charge in [-0.3, -0.25) is 4.79 Å². The zero-order valence-corrected chi connectivity index (χ0v) is 12.7. The smallest absolute Gasteiger partial charge is 0.251 e. The number of nitrogens with two attached hydrogens (primary N) is 1. The van der Waals surface area contributed by atoms with E-state index in [2.05, 4.69) is 5.32 Å². The first-order valence-electron chi connectivity index (χ1n) is 6.29. The average Bonchev–Trinajstić information content (AvgIpc) is 2.35. The quantitative estimate of drug-likeness (QED) is 0.811. The number of hydrogen-bond acceptors (Lipinski definition) is 4. The first-order valence-corrected chi connectivity index (χ1v) is 7.83. The molecule has 0 aliphatic carbocycles. The van der Waals surface area contributed by atoms with Crippen molar-refractivity contribution in [3.8, 4) is 0 Å². The van der Waals surface area contributed by atoms with Crippen molar-refractivity contribution >= 4 is 15.9 Å². The molecule has 3 N–H and O–H groups in total. The normalized spacial score (nSPS) is 13.0. The average molecular weight is 300 g/mol. The number of carbonyl (C=O) groups is 1. The first-order chi connectivity index (χ1) is 9.25. The summed E-state index contributed by atoms with van der Waals surface area (Å²) in [5.41, 5.74) is 0.759. The fourth-order valence-electron chi connectivity index (χ4n) is 1.73. The van der Waals surface area contributed by atoms with Crippen molar-refractivity contribution < 1.29 is 17.9 Å². The Kier molecular flexibility index (Phi) is 5.67. The molecule has 1 aromatic carbocycles. The summed E-state index contributed by atoms with van der Waals surface area (Å²) in [5.74, 6) is -0.360. The van der Waals surface area contributed by atoms with E-state index in [1.54, 1.807) is 19.1 Å². The predicted molar refractivity (Wildman–Crippen MR) is 76.0 cm³/mol. The van der Waals surface area contributed by atoms with E-state index in [-0.39, 0.29) is 22.5 Å². The summed E-state index contributed by atoms with van der Waals surface area (Å²) in [7, 11) is -3.83. The summed E-state index contributed by atoms with van der Waals surface area (Å²) in [4.78, 5) is 11.9. The zero-order chi connectivity index (χ0) is 15.3. The number of ether oxygens (including phenoxy) is 1. The molecule has 7 heteroatoms. The molecule has 1 unspecified atom stereocenters. The number of benzene rings is 1. The maximum Gasteiger partial charge on any atom is 0.251 e. The maximum absolute atomic E-state index is 11.9. The van der Waals surface area contributed by atoms with Crippen LogP contribution in [0.4, 0.5) is 0 Å². The molecule has 0 fully saturated rings. The summed E-state index contributed by atoms with van der Waals surface area (Å²) in [6.07, 6.45) is -0.105. The Labute approximate surface area is 119 Å². The number of amides is 1. The van der Waals surface area contributed by atoms with Gasteiger partial charge in [0.05, 0.1) is 11.0 Å². The zero-order valence-electron chi connectivity index (χ0n) is 11.8. The van der Waals surface area contributed by atoms with Crippen molar-refractivity contribution in [2.45, 2.75) is 31.8 Å². The number of nitrogens with one attached hydrogen (secondary N) is 1. The van der Waals surface area contributed by atoms with E-state index in [1.165, 1.54) is 6.07 Å². The molecule has 0 saturated heterocycles. The molecule has 1 atom stereocenters. The predicted octanol–water partition coefficient (Wildman–Crippen LogP) is 0.797. The molecule has 1 aromatic rings. The van der Waals surface area contributed by atoms with Crippen LogP contribution in [0.1, 0.15) is 29.8 Å². The van der Waals surface area contributed by atoms with Crippen LogP contribution in [0.15, 0.2) is 23.1 Å². The fourth-order valence-corrected chi connectivity index (χ4v) is 2.54. The summed E-state index contributed by atoms with van der Waals surface area (Å²) in [6.45, 7) is 6.26. The van der Waals surface area contributed by atoms with Gasteiger partial charge in [0.1, 0.15) is 0 Å². The Hall–Kier alpha value is -1.44. The number of carbonyl (C=O) groups excluding carboxylic acids is 1. The second kappa shape index (κ2) is 6.83. The van der Waals surface area contributed by atoms with Crippen LogP contribution in [0.3, 0.4) is 0 Å². The summed E-state index contributed by atoms with van der Waals surface area (Å²) >= 11 is 0. The Bertz CT molecular complexity index is 584. The lowest BCUT2D eigenvalue weighted by molar-refractivity contribution is 0.0695. The SMILES string of the molecule is CCOC(C)CNC(=O)c1ccc(C)c(S(N)(=O)=O)c1. The van der Waals surface area contributed by atoms with Crippen LogP contribution in [0.5, 0.6) is 0 Å². The Balaban J connectivity index is 2.85. The van der Waals surface area contributed by atoms with Crippen LogP contribution in [0.2, 0.25) is 0 Å². The monoisotopic (exact) mass is 300 g/mol. The van der Waals surface area contributed by atoms with Crippen molar-refractivity contribution in [2.24, 2.45) is 5.14 Å². The fraction of sp³-hybridized carbons (Fsp3) is 0.462. The van der Waals surface area contributed by atoms with E-state index in [1.807, 2.05) is 13.8 Å². The van der Waals surface area contributed by atoms with Crippen molar-refractivity contribution in [3.63, 3.8) is 0 Å². The molecule has 0 saturated carbocycles. The van der Waals surface area contributed by atoms with E-state index in [9.17, 15) is 13.2 Å². The number of hydrogen-bond donors (Lipinski definition) is 2. The second-order valence-corrected chi connectivity index (χ2v) is 6.03. The van der Waals surface area contributed by atoms with Crippen molar-refractivity contribution in [3.05, 3.63) is 29.3 Å². The van der Waals surface area contributed by atoms with Gasteiger partial charge >= 0.3 is 0 Å². The lowest BCUT2D eigenvalue weighted by Crippen LogP contribution is -2.32. The van der Waals surface area contributed by atoms with Crippen LogP contribution >= 0.6 is 0 Å². The topological polar surface area (TPSA) is 98.5 Å². The van der Waals surface area contributed by atoms with Crippen molar-refractivity contribution in [1.82, 2.24) is 5.32 Å². The molecular formula is C13H20N2O4S. The second-order valence-electron chi connectivity index (χ2n) is 4.50. The molecule has 0 aliphatic rings.